The van der Waals surface area contributed by atoms with Crippen molar-refractivity contribution in [2.75, 3.05) is 37.0 Å². The maximum Gasteiger partial charge on any atom is 0.225 e. The number of hydrogen-bond donors (Lipinski definition) is 1. The Kier molecular flexibility index (Phi) is 3.76. The lowest BCUT2D eigenvalue weighted by Crippen LogP contribution is -2.42. The Hall–Kier alpha value is -1.40. The van der Waals surface area contributed by atoms with Gasteiger partial charge in [0.2, 0.25) is 5.95 Å². The van der Waals surface area contributed by atoms with Crippen molar-refractivity contribution < 1.29 is 4.74 Å². The van der Waals surface area contributed by atoms with Gasteiger partial charge in [-0.2, -0.15) is 4.98 Å². The second-order valence-electron chi connectivity index (χ2n) is 5.04. The summed E-state index contributed by atoms with van der Waals surface area (Å²) in [5, 5.41) is 4.22. The number of morpholine rings is 1. The van der Waals surface area contributed by atoms with Gasteiger partial charge in [0.05, 0.1) is 18.1 Å². The van der Waals surface area contributed by atoms with Gasteiger partial charge in [-0.15, -0.1) is 11.3 Å². The summed E-state index contributed by atoms with van der Waals surface area (Å²) < 4.78 is 5.75. The van der Waals surface area contributed by atoms with Gasteiger partial charge in [0.1, 0.15) is 10.6 Å². The molecule has 3 rings (SSSR count). The maximum atomic E-state index is 5.75. The van der Waals surface area contributed by atoms with Crippen LogP contribution >= 0.6 is 11.3 Å². The topological polar surface area (TPSA) is 50.3 Å². The van der Waals surface area contributed by atoms with Gasteiger partial charge in [-0.05, 0) is 19.4 Å². The predicted molar refractivity (Wildman–Crippen MR) is 83.9 cm³/mol. The highest BCUT2D eigenvalue weighted by atomic mass is 32.1. The average Bonchev–Trinajstić information content (AvgIpc) is 2.86. The van der Waals surface area contributed by atoms with Crippen LogP contribution in [0.2, 0.25) is 0 Å². The number of ether oxygens (including phenoxy) is 1. The van der Waals surface area contributed by atoms with Gasteiger partial charge in [0.15, 0.2) is 0 Å². The van der Waals surface area contributed by atoms with Crippen LogP contribution in [0.15, 0.2) is 6.07 Å². The third kappa shape index (κ3) is 2.45. The Bertz CT molecular complexity index is 612. The van der Waals surface area contributed by atoms with Crippen molar-refractivity contribution in [3.8, 4) is 0 Å². The number of thiophene rings is 1. The van der Waals surface area contributed by atoms with Crippen LogP contribution in [0.4, 0.5) is 11.8 Å². The van der Waals surface area contributed by atoms with Crippen LogP contribution in [0.25, 0.3) is 10.2 Å². The molecule has 1 fully saturated rings. The fraction of sp³-hybridized carbons (Fsp3) is 0.571. The Morgan fingerprint density at radius 1 is 1.50 bits per heavy atom. The second-order valence-corrected chi connectivity index (χ2v) is 6.28. The van der Waals surface area contributed by atoms with Crippen LogP contribution in [0.1, 0.15) is 18.2 Å². The lowest BCUT2D eigenvalue weighted by Gasteiger charge is -2.33. The first kappa shape index (κ1) is 13.6. The normalized spacial score (nSPS) is 19.6. The number of nitrogens with zero attached hydrogens (tertiary/aromatic N) is 3. The van der Waals surface area contributed by atoms with E-state index in [2.05, 4.69) is 40.1 Å². The number of aryl methyl sites for hydroxylation is 1. The summed E-state index contributed by atoms with van der Waals surface area (Å²) >= 11 is 1.72. The molecule has 6 heteroatoms. The molecule has 0 aromatic carbocycles. The van der Waals surface area contributed by atoms with E-state index < -0.39 is 0 Å². The molecule has 2 aromatic heterocycles. The van der Waals surface area contributed by atoms with E-state index in [1.807, 2.05) is 7.05 Å². The van der Waals surface area contributed by atoms with Crippen LogP contribution < -0.4 is 10.2 Å². The van der Waals surface area contributed by atoms with E-state index in [0.717, 1.165) is 42.2 Å². The van der Waals surface area contributed by atoms with E-state index in [4.69, 9.17) is 4.74 Å². The van der Waals surface area contributed by atoms with Crippen molar-refractivity contribution in [1.29, 1.82) is 0 Å². The van der Waals surface area contributed by atoms with Crippen molar-refractivity contribution in [1.82, 2.24) is 9.97 Å². The highest BCUT2D eigenvalue weighted by Crippen LogP contribution is 2.32. The molecule has 20 heavy (non-hydrogen) atoms. The highest BCUT2D eigenvalue weighted by molar-refractivity contribution is 7.18. The Labute approximate surface area is 123 Å². The van der Waals surface area contributed by atoms with Crippen molar-refractivity contribution in [2.24, 2.45) is 0 Å². The Morgan fingerprint density at radius 2 is 2.35 bits per heavy atom. The van der Waals surface area contributed by atoms with Gasteiger partial charge in [-0.3, -0.25) is 0 Å². The Morgan fingerprint density at radius 3 is 3.10 bits per heavy atom. The smallest absolute Gasteiger partial charge is 0.225 e. The van der Waals surface area contributed by atoms with Crippen molar-refractivity contribution >= 4 is 33.3 Å². The molecule has 0 bridgehead atoms. The summed E-state index contributed by atoms with van der Waals surface area (Å²) in [6.07, 6.45) is 1.33. The molecule has 0 amide bonds. The molecule has 1 atom stereocenters. The standard InChI is InChI=1S/C14H20N4OS/c1-4-10-8-18(5-6-19-10)12-11-7-9(2)20-13(11)17-14(15-3)16-12/h7,10H,4-6,8H2,1-3H3,(H,15,16,17). The minimum Gasteiger partial charge on any atom is -0.375 e. The molecule has 3 heterocycles. The monoisotopic (exact) mass is 292 g/mol. The largest absolute Gasteiger partial charge is 0.375 e. The van der Waals surface area contributed by atoms with Gasteiger partial charge < -0.3 is 15.0 Å². The molecule has 0 spiro atoms. The number of nitrogens with one attached hydrogen (secondary N) is 1. The SMILES string of the molecule is CCC1CN(c2nc(NC)nc3sc(C)cc23)CCO1. The third-order valence-corrected chi connectivity index (χ3v) is 4.56. The number of aromatic nitrogens is 2. The molecule has 2 aromatic rings. The van der Waals surface area contributed by atoms with Crippen LogP contribution in [-0.4, -0.2) is 42.8 Å². The summed E-state index contributed by atoms with van der Waals surface area (Å²) in [5.74, 6) is 1.72. The third-order valence-electron chi connectivity index (χ3n) is 3.61. The molecule has 1 saturated heterocycles. The highest BCUT2D eigenvalue weighted by Gasteiger charge is 2.23. The van der Waals surface area contributed by atoms with E-state index in [-0.39, 0.29) is 0 Å². The van der Waals surface area contributed by atoms with Gasteiger partial charge in [-0.25, -0.2) is 4.98 Å². The second kappa shape index (κ2) is 5.54. The zero-order chi connectivity index (χ0) is 14.1. The molecular formula is C14H20N4OS. The van der Waals surface area contributed by atoms with Crippen molar-refractivity contribution in [3.63, 3.8) is 0 Å². The molecule has 5 nitrogen and oxygen atoms in total. The van der Waals surface area contributed by atoms with Crippen LogP contribution in [-0.2, 0) is 4.74 Å². The van der Waals surface area contributed by atoms with E-state index in [1.54, 1.807) is 11.3 Å². The van der Waals surface area contributed by atoms with Gasteiger partial charge in [-0.1, -0.05) is 6.92 Å². The molecule has 0 aliphatic carbocycles. The number of fused-ring (bicyclic) bond motifs is 1. The molecule has 108 valence electrons. The average molecular weight is 292 g/mol. The van der Waals surface area contributed by atoms with Crippen LogP contribution in [0.3, 0.4) is 0 Å². The minimum atomic E-state index is 0.298. The van der Waals surface area contributed by atoms with Gasteiger partial charge >= 0.3 is 0 Å². The lowest BCUT2D eigenvalue weighted by molar-refractivity contribution is 0.0383. The first-order chi connectivity index (χ1) is 9.71. The summed E-state index contributed by atoms with van der Waals surface area (Å²) in [6.45, 7) is 6.84. The number of anilines is 2. The van der Waals surface area contributed by atoms with Crippen LogP contribution in [0, 0.1) is 6.92 Å². The molecule has 1 aliphatic heterocycles. The van der Waals surface area contributed by atoms with Crippen molar-refractivity contribution in [2.45, 2.75) is 26.4 Å². The fourth-order valence-corrected chi connectivity index (χ4v) is 3.41. The molecule has 0 radical (unpaired) electrons. The summed E-state index contributed by atoms with van der Waals surface area (Å²) in [5.41, 5.74) is 0. The first-order valence-electron chi connectivity index (χ1n) is 7.03. The lowest BCUT2D eigenvalue weighted by atomic mass is 10.2. The van der Waals surface area contributed by atoms with E-state index >= 15 is 0 Å². The molecule has 0 saturated carbocycles. The van der Waals surface area contributed by atoms with E-state index in [1.165, 1.54) is 4.88 Å². The summed E-state index contributed by atoms with van der Waals surface area (Å²) in [4.78, 5) is 13.9. The molecule has 1 unspecified atom stereocenters. The van der Waals surface area contributed by atoms with Gasteiger partial charge in [0.25, 0.3) is 0 Å². The van der Waals surface area contributed by atoms with E-state index in [9.17, 15) is 0 Å². The number of hydrogen-bond acceptors (Lipinski definition) is 6. The van der Waals surface area contributed by atoms with E-state index in [0.29, 0.717) is 12.1 Å². The van der Waals surface area contributed by atoms with Gasteiger partial charge in [0, 0.05) is 25.0 Å². The molecule has 1 aliphatic rings. The van der Waals surface area contributed by atoms with Crippen molar-refractivity contribution in [3.05, 3.63) is 10.9 Å². The number of rotatable bonds is 3. The van der Waals surface area contributed by atoms with Crippen LogP contribution in [0.5, 0.6) is 0 Å². The molecule has 1 N–H and O–H groups in total. The fourth-order valence-electron chi connectivity index (χ4n) is 2.54. The predicted octanol–water partition coefficient (Wildman–Crippen LogP) is 2.66. The quantitative estimate of drug-likeness (QED) is 0.942. The maximum absolute atomic E-state index is 5.75. The first-order valence-corrected chi connectivity index (χ1v) is 7.85. The Balaban J connectivity index is 2.04. The minimum absolute atomic E-state index is 0.298. The zero-order valence-electron chi connectivity index (χ0n) is 12.1. The molecular weight excluding hydrogens is 272 g/mol. The summed E-state index contributed by atoms with van der Waals surface area (Å²) in [7, 11) is 1.86. The summed E-state index contributed by atoms with van der Waals surface area (Å²) in [6, 6.07) is 2.19. The zero-order valence-corrected chi connectivity index (χ0v) is 13.0.